The van der Waals surface area contributed by atoms with Gasteiger partial charge in [0.05, 0.1) is 52.2 Å². The predicted octanol–water partition coefficient (Wildman–Crippen LogP) is 6.29. The minimum absolute atomic E-state index is 0.122. The van der Waals surface area contributed by atoms with Gasteiger partial charge in [0.25, 0.3) is 5.56 Å². The number of methoxy groups -OCH3 is 1. The van der Waals surface area contributed by atoms with Gasteiger partial charge in [0.1, 0.15) is 6.61 Å². The second-order valence-corrected chi connectivity index (χ2v) is 12.7. The van der Waals surface area contributed by atoms with Crippen molar-refractivity contribution in [2.45, 2.75) is 33.4 Å². The Bertz CT molecular complexity index is 2100. The number of benzene rings is 3. The van der Waals surface area contributed by atoms with Gasteiger partial charge in [-0.25, -0.2) is 14.6 Å². The Kier molecular flexibility index (Phi) is 11.7. The van der Waals surface area contributed by atoms with E-state index in [1.165, 1.54) is 11.7 Å². The topological polar surface area (TPSA) is 115 Å². The van der Waals surface area contributed by atoms with Gasteiger partial charge in [-0.15, -0.1) is 0 Å². The highest BCUT2D eigenvalue weighted by atomic mass is 35.5. The van der Waals surface area contributed by atoms with Crippen LogP contribution in [-0.2, 0) is 25.7 Å². The summed E-state index contributed by atoms with van der Waals surface area (Å²) in [4.78, 5) is 44.2. The lowest BCUT2D eigenvalue weighted by Gasteiger charge is -2.25. The molecule has 0 unspecified atom stereocenters. The smallest absolute Gasteiger partial charge is 0.343 e. The van der Waals surface area contributed by atoms with Gasteiger partial charge in [-0.05, 0) is 68.3 Å². The zero-order chi connectivity index (χ0) is 35.2. The molecule has 0 radical (unpaired) electrons. The van der Waals surface area contributed by atoms with Crippen molar-refractivity contribution < 1.29 is 33.3 Å². The van der Waals surface area contributed by atoms with Gasteiger partial charge in [-0.2, -0.15) is 0 Å². The van der Waals surface area contributed by atoms with E-state index in [-0.39, 0.29) is 53.5 Å². The summed E-state index contributed by atoms with van der Waals surface area (Å²) in [6, 6.07) is 14.6. The normalized spacial score (nSPS) is 14.2. The molecule has 4 aromatic rings. The highest BCUT2D eigenvalue weighted by molar-refractivity contribution is 7.07. The predicted molar refractivity (Wildman–Crippen MR) is 188 cm³/mol. The van der Waals surface area contributed by atoms with E-state index < -0.39 is 23.5 Å². The molecule has 0 fully saturated rings. The first-order chi connectivity index (χ1) is 23.6. The number of carbonyl (C=O) groups is 2. The van der Waals surface area contributed by atoms with Crippen molar-refractivity contribution in [3.05, 3.63) is 117 Å². The largest absolute Gasteiger partial charge is 0.490 e. The molecule has 10 nitrogen and oxygen atoms in total. The molecule has 14 heteroatoms. The van der Waals surface area contributed by atoms with Crippen molar-refractivity contribution >= 4 is 64.2 Å². The van der Waals surface area contributed by atoms with Crippen molar-refractivity contribution in [3.8, 4) is 17.2 Å². The zero-order valence-corrected chi connectivity index (χ0v) is 30.0. The molecule has 0 saturated carbocycles. The number of allylic oxidation sites excluding steroid dienone is 1. The fourth-order valence-corrected chi connectivity index (χ4v) is 6.95. The zero-order valence-electron chi connectivity index (χ0n) is 26.9. The molecule has 0 spiro atoms. The molecule has 0 amide bonds. The average Bonchev–Trinajstić information content (AvgIpc) is 3.37. The molecule has 0 saturated heterocycles. The summed E-state index contributed by atoms with van der Waals surface area (Å²) in [6.07, 6.45) is 1.65. The fraction of sp³-hybridized carbons (Fsp3) is 0.257. The maximum absolute atomic E-state index is 14.1. The summed E-state index contributed by atoms with van der Waals surface area (Å²) in [7, 11) is 1.26. The molecule has 2 heterocycles. The quantitative estimate of drug-likeness (QED) is 0.156. The second-order valence-electron chi connectivity index (χ2n) is 10.5. The summed E-state index contributed by atoms with van der Waals surface area (Å²) >= 11 is 20.6. The molecule has 1 atom stereocenters. The van der Waals surface area contributed by atoms with E-state index in [0.717, 1.165) is 16.9 Å². The first kappa shape index (κ1) is 36.0. The van der Waals surface area contributed by atoms with E-state index in [2.05, 4.69) is 9.73 Å². The van der Waals surface area contributed by atoms with E-state index in [9.17, 15) is 14.4 Å². The van der Waals surface area contributed by atoms with Crippen molar-refractivity contribution in [2.24, 2.45) is 4.99 Å². The second kappa shape index (κ2) is 15.9. The molecule has 256 valence electrons. The molecular weight excluding hydrogens is 715 g/mol. The van der Waals surface area contributed by atoms with E-state index in [1.807, 2.05) is 18.2 Å². The van der Waals surface area contributed by atoms with Crippen LogP contribution in [0.2, 0.25) is 15.1 Å². The van der Waals surface area contributed by atoms with Crippen LogP contribution in [0.4, 0.5) is 0 Å². The number of fused-ring (bicyclic) bond motifs is 1. The Hall–Kier alpha value is -4.29. The average molecular weight is 746 g/mol. The van der Waals surface area contributed by atoms with Crippen molar-refractivity contribution in [1.82, 2.24) is 4.57 Å². The van der Waals surface area contributed by atoms with Crippen molar-refractivity contribution in [2.75, 3.05) is 26.9 Å². The van der Waals surface area contributed by atoms with Gasteiger partial charge in [0, 0.05) is 10.6 Å². The number of hydrogen-bond acceptors (Lipinski definition) is 10. The standard InChI is InChI=1S/C35H31Cl3N2O8S/c1-5-45-27-16-21(11-12-26(27)47-18-29(41)44-4)31-30(34(43)46-6-2)19(3)39-35-40(31)33(42)28(49-35)15-20-13-24(37)32(25(38)14-20)48-17-22-9-7-8-10-23(22)36/h7-16,31H,5-6,17-18H2,1-4H3/b28-15-/t31-/m0/s1. The lowest BCUT2D eigenvalue weighted by atomic mass is 9.95. The van der Waals surface area contributed by atoms with Crippen LogP contribution in [0.15, 0.2) is 75.7 Å². The van der Waals surface area contributed by atoms with Gasteiger partial charge in [-0.1, -0.05) is 70.4 Å². The lowest BCUT2D eigenvalue weighted by Crippen LogP contribution is -2.40. The van der Waals surface area contributed by atoms with Crippen molar-refractivity contribution in [1.29, 1.82) is 0 Å². The van der Waals surface area contributed by atoms with Gasteiger partial charge >= 0.3 is 11.9 Å². The maximum atomic E-state index is 14.1. The van der Waals surface area contributed by atoms with E-state index in [4.69, 9.17) is 53.8 Å². The van der Waals surface area contributed by atoms with Crippen LogP contribution in [-0.4, -0.2) is 43.4 Å². The highest BCUT2D eigenvalue weighted by Crippen LogP contribution is 2.37. The van der Waals surface area contributed by atoms with E-state index >= 15 is 0 Å². The molecule has 5 rings (SSSR count). The Morgan fingerprint density at radius 2 is 1.67 bits per heavy atom. The number of thiazole rings is 1. The van der Waals surface area contributed by atoms with Gasteiger partial charge < -0.3 is 23.7 Å². The monoisotopic (exact) mass is 744 g/mol. The molecule has 0 aliphatic carbocycles. The first-order valence-electron chi connectivity index (χ1n) is 15.1. The van der Waals surface area contributed by atoms with E-state index in [1.54, 1.807) is 63.2 Å². The molecule has 3 aromatic carbocycles. The number of esters is 2. The summed E-state index contributed by atoms with van der Waals surface area (Å²) in [5, 5.41) is 1.04. The summed E-state index contributed by atoms with van der Waals surface area (Å²) in [6.45, 7) is 5.41. The first-order valence-corrected chi connectivity index (χ1v) is 17.0. The molecule has 1 aliphatic rings. The molecule has 0 N–H and O–H groups in total. The SMILES string of the molecule is CCOC(=O)C1=C(C)N=c2s/c(=C\c3cc(Cl)c(OCc4ccccc4Cl)c(Cl)c3)c(=O)n2[C@H]1c1ccc(OCC(=O)OC)c(OCC)c1. The Balaban J connectivity index is 1.57. The maximum Gasteiger partial charge on any atom is 0.343 e. The van der Waals surface area contributed by atoms with Crippen LogP contribution < -0.4 is 29.1 Å². The lowest BCUT2D eigenvalue weighted by molar-refractivity contribution is -0.143. The molecule has 1 aromatic heterocycles. The number of hydrogen-bond donors (Lipinski definition) is 0. The number of aromatic nitrogens is 1. The third-order valence-corrected chi connectivity index (χ3v) is 9.23. The summed E-state index contributed by atoms with van der Waals surface area (Å²) < 4.78 is 29.2. The van der Waals surface area contributed by atoms with Gasteiger partial charge in [-0.3, -0.25) is 9.36 Å². The Labute approximate surface area is 300 Å². The number of rotatable bonds is 12. The number of ether oxygens (including phenoxy) is 5. The summed E-state index contributed by atoms with van der Waals surface area (Å²) in [5.74, 6) is -0.304. The van der Waals surface area contributed by atoms with E-state index in [0.29, 0.717) is 36.9 Å². The molecular formula is C35H31Cl3N2O8S. The third-order valence-electron chi connectivity index (χ3n) is 7.32. The molecule has 0 bridgehead atoms. The number of halogens is 3. The minimum atomic E-state index is -0.918. The van der Waals surface area contributed by atoms with Crippen LogP contribution in [0, 0.1) is 0 Å². The van der Waals surface area contributed by atoms with Gasteiger partial charge in [0.15, 0.2) is 28.7 Å². The third kappa shape index (κ3) is 7.96. The van der Waals surface area contributed by atoms with Crippen LogP contribution in [0.3, 0.4) is 0 Å². The molecule has 49 heavy (non-hydrogen) atoms. The van der Waals surface area contributed by atoms with Crippen LogP contribution in [0.1, 0.15) is 43.5 Å². The number of nitrogens with zero attached hydrogens (tertiary/aromatic N) is 2. The highest BCUT2D eigenvalue weighted by Gasteiger charge is 2.34. The van der Waals surface area contributed by atoms with Gasteiger partial charge in [0.2, 0.25) is 0 Å². The van der Waals surface area contributed by atoms with Crippen LogP contribution in [0.5, 0.6) is 17.2 Å². The Morgan fingerprint density at radius 1 is 0.939 bits per heavy atom. The number of carbonyl (C=O) groups excluding carboxylic acids is 2. The molecule has 1 aliphatic heterocycles. The minimum Gasteiger partial charge on any atom is -0.490 e. The van der Waals surface area contributed by atoms with Crippen LogP contribution in [0.25, 0.3) is 6.08 Å². The summed E-state index contributed by atoms with van der Waals surface area (Å²) in [5.41, 5.74) is 2.03. The van der Waals surface area contributed by atoms with Crippen LogP contribution >= 0.6 is 46.1 Å². The Morgan fingerprint density at radius 3 is 2.35 bits per heavy atom. The van der Waals surface area contributed by atoms with Crippen molar-refractivity contribution in [3.63, 3.8) is 0 Å². The fourth-order valence-electron chi connectivity index (χ4n) is 5.10.